The number of carbonyl (C=O) groups excluding carboxylic acids is 2. The summed E-state index contributed by atoms with van der Waals surface area (Å²) < 4.78 is 5.15. The molecule has 2 aromatic carbocycles. The van der Waals surface area contributed by atoms with E-state index >= 15 is 0 Å². The number of ketones is 1. The van der Waals surface area contributed by atoms with Crippen molar-refractivity contribution in [2.75, 3.05) is 12.4 Å². The number of rotatable bonds is 4. The predicted octanol–water partition coefficient (Wildman–Crippen LogP) is 3.96. The minimum Gasteiger partial charge on any atom is -0.497 e. The number of hydrogen-bond donors (Lipinski definition) is 1. The fourth-order valence-corrected chi connectivity index (χ4v) is 3.52. The summed E-state index contributed by atoms with van der Waals surface area (Å²) in [5.41, 5.74) is 3.95. The molecule has 1 atom stereocenters. The van der Waals surface area contributed by atoms with Gasteiger partial charge in [-0.25, -0.2) is 9.97 Å². The average molecular weight is 387 g/mol. The molecule has 0 saturated carbocycles. The number of nitrogens with one attached hydrogen (secondary N) is 1. The number of Topliss-reactive ketones (excluding diaryl/α,β-unsaturated/α-hetero) is 1. The van der Waals surface area contributed by atoms with Crippen molar-refractivity contribution in [1.82, 2.24) is 9.97 Å². The zero-order valence-corrected chi connectivity index (χ0v) is 16.3. The average Bonchev–Trinajstić information content (AvgIpc) is 2.74. The zero-order chi connectivity index (χ0) is 20.4. The van der Waals surface area contributed by atoms with E-state index in [9.17, 15) is 9.59 Å². The lowest BCUT2D eigenvalue weighted by Gasteiger charge is -2.23. The van der Waals surface area contributed by atoms with Crippen molar-refractivity contribution in [2.24, 2.45) is 0 Å². The van der Waals surface area contributed by atoms with Gasteiger partial charge in [0.15, 0.2) is 5.78 Å². The van der Waals surface area contributed by atoms with Crippen LogP contribution in [0.5, 0.6) is 5.75 Å². The van der Waals surface area contributed by atoms with Crippen molar-refractivity contribution < 1.29 is 14.3 Å². The third-order valence-electron chi connectivity index (χ3n) is 5.15. The minimum atomic E-state index is -0.332. The van der Waals surface area contributed by atoms with Crippen molar-refractivity contribution >= 4 is 17.6 Å². The molecule has 3 aromatic rings. The van der Waals surface area contributed by atoms with Gasteiger partial charge in [0, 0.05) is 18.2 Å². The van der Waals surface area contributed by atoms with Gasteiger partial charge in [-0.3, -0.25) is 14.9 Å². The lowest BCUT2D eigenvalue weighted by Crippen LogP contribution is -2.22. The van der Waals surface area contributed by atoms with Gasteiger partial charge in [0.25, 0.3) is 5.91 Å². The van der Waals surface area contributed by atoms with Crippen LogP contribution in [0.15, 0.2) is 54.7 Å². The summed E-state index contributed by atoms with van der Waals surface area (Å²) in [4.78, 5) is 33.7. The Hall–Kier alpha value is -3.54. The van der Waals surface area contributed by atoms with Gasteiger partial charge in [-0.1, -0.05) is 35.9 Å². The molecule has 29 heavy (non-hydrogen) atoms. The zero-order valence-electron chi connectivity index (χ0n) is 16.3. The van der Waals surface area contributed by atoms with E-state index in [4.69, 9.17) is 4.74 Å². The summed E-state index contributed by atoms with van der Waals surface area (Å²) in [5.74, 6) is 0.556. The quantitative estimate of drug-likeness (QED) is 0.733. The van der Waals surface area contributed by atoms with Crippen LogP contribution in [0, 0.1) is 6.92 Å². The summed E-state index contributed by atoms with van der Waals surface area (Å²) in [6, 6.07) is 15.1. The monoisotopic (exact) mass is 387 g/mol. The second-order valence-electron chi connectivity index (χ2n) is 7.18. The first kappa shape index (κ1) is 18.8. The number of ether oxygens (including phenoxy) is 1. The van der Waals surface area contributed by atoms with Crippen LogP contribution in [0.25, 0.3) is 0 Å². The van der Waals surface area contributed by atoms with Crippen LogP contribution < -0.4 is 10.1 Å². The summed E-state index contributed by atoms with van der Waals surface area (Å²) in [6.45, 7) is 2.04. The van der Waals surface area contributed by atoms with Crippen molar-refractivity contribution in [1.29, 1.82) is 0 Å². The Bertz CT molecular complexity index is 1080. The molecule has 1 N–H and O–H groups in total. The molecule has 6 nitrogen and oxygen atoms in total. The first-order valence-electron chi connectivity index (χ1n) is 9.44. The maximum absolute atomic E-state index is 12.6. The maximum Gasteiger partial charge on any atom is 0.258 e. The van der Waals surface area contributed by atoms with Crippen molar-refractivity contribution in [3.63, 3.8) is 0 Å². The SMILES string of the molecule is COc1cccc(C(=O)Nc2ncc3c(n2)C[C@@H](c2ccc(C)cc2)CC3=O)c1. The Morgan fingerprint density at radius 1 is 1.14 bits per heavy atom. The van der Waals surface area contributed by atoms with Gasteiger partial charge in [-0.05, 0) is 43.0 Å². The molecule has 0 radical (unpaired) electrons. The van der Waals surface area contributed by atoms with Crippen LogP contribution in [0.2, 0.25) is 0 Å². The molecule has 0 aliphatic heterocycles. The minimum absolute atomic E-state index is 0.0301. The van der Waals surface area contributed by atoms with Crippen molar-refractivity contribution in [3.05, 3.63) is 82.7 Å². The van der Waals surface area contributed by atoms with Crippen molar-refractivity contribution in [3.8, 4) is 5.75 Å². The van der Waals surface area contributed by atoms with Gasteiger partial charge < -0.3 is 4.74 Å². The third-order valence-corrected chi connectivity index (χ3v) is 5.15. The maximum atomic E-state index is 12.6. The van der Waals surface area contributed by atoms with Gasteiger partial charge in [0.1, 0.15) is 5.75 Å². The summed E-state index contributed by atoms with van der Waals surface area (Å²) in [7, 11) is 1.55. The van der Waals surface area contributed by atoms with Crippen molar-refractivity contribution in [2.45, 2.75) is 25.7 Å². The van der Waals surface area contributed by atoms with E-state index in [1.54, 1.807) is 31.4 Å². The number of fused-ring (bicyclic) bond motifs is 1. The highest BCUT2D eigenvalue weighted by Crippen LogP contribution is 2.32. The number of aromatic nitrogens is 2. The molecule has 146 valence electrons. The molecule has 1 amide bonds. The third kappa shape index (κ3) is 4.01. The van der Waals surface area contributed by atoms with Gasteiger partial charge >= 0.3 is 0 Å². The lowest BCUT2D eigenvalue weighted by atomic mass is 9.82. The molecule has 1 aliphatic rings. The Morgan fingerprint density at radius 3 is 2.69 bits per heavy atom. The fourth-order valence-electron chi connectivity index (χ4n) is 3.52. The summed E-state index contributed by atoms with van der Waals surface area (Å²) in [5, 5.41) is 2.71. The van der Waals surface area contributed by atoms with Gasteiger partial charge in [0.05, 0.1) is 18.4 Å². The molecule has 0 fully saturated rings. The largest absolute Gasteiger partial charge is 0.497 e. The molecular formula is C23H21N3O3. The van der Waals surface area contributed by atoms with Gasteiger partial charge in [-0.2, -0.15) is 0 Å². The highest BCUT2D eigenvalue weighted by molar-refractivity contribution is 6.04. The molecule has 1 aliphatic carbocycles. The van der Waals surface area contributed by atoms with E-state index in [0.29, 0.717) is 35.4 Å². The first-order chi connectivity index (χ1) is 14.0. The lowest BCUT2D eigenvalue weighted by molar-refractivity contribution is 0.0962. The topological polar surface area (TPSA) is 81.2 Å². The summed E-state index contributed by atoms with van der Waals surface area (Å²) in [6.07, 6.45) is 2.58. The Kier molecular flexibility index (Phi) is 5.08. The predicted molar refractivity (Wildman–Crippen MR) is 110 cm³/mol. The van der Waals surface area contributed by atoms with E-state index in [1.807, 2.05) is 6.92 Å². The molecule has 0 saturated heterocycles. The Labute approximate surface area is 169 Å². The van der Waals surface area contributed by atoms with Crippen LogP contribution in [-0.2, 0) is 6.42 Å². The van der Waals surface area contributed by atoms with E-state index in [-0.39, 0.29) is 23.6 Å². The molecule has 1 heterocycles. The number of benzene rings is 2. The number of aryl methyl sites for hydroxylation is 1. The number of nitrogens with zero attached hydrogens (tertiary/aromatic N) is 2. The molecule has 1 aromatic heterocycles. The Morgan fingerprint density at radius 2 is 1.93 bits per heavy atom. The molecule has 0 spiro atoms. The van der Waals surface area contributed by atoms with Gasteiger partial charge in [0.2, 0.25) is 5.95 Å². The number of carbonyl (C=O) groups is 2. The molecule has 6 heteroatoms. The highest BCUT2D eigenvalue weighted by atomic mass is 16.5. The van der Waals surface area contributed by atoms with E-state index < -0.39 is 0 Å². The molecule has 0 bridgehead atoms. The van der Waals surface area contributed by atoms with E-state index in [0.717, 1.165) is 5.56 Å². The van der Waals surface area contributed by atoms with Crippen LogP contribution in [0.4, 0.5) is 5.95 Å². The summed E-state index contributed by atoms with van der Waals surface area (Å²) >= 11 is 0. The first-order valence-corrected chi connectivity index (χ1v) is 9.44. The standard InChI is InChI=1S/C23H21N3O3/c1-14-6-8-15(9-7-14)17-11-20-19(21(27)12-17)13-24-23(25-20)26-22(28)16-4-3-5-18(10-16)29-2/h3-10,13,17H,11-12H2,1-2H3,(H,24,25,26,28)/t17-/m1/s1. The van der Waals surface area contributed by atoms with E-state index in [2.05, 4.69) is 39.6 Å². The Balaban J connectivity index is 1.56. The molecule has 0 unspecified atom stereocenters. The van der Waals surface area contributed by atoms with Crippen LogP contribution >= 0.6 is 0 Å². The highest BCUT2D eigenvalue weighted by Gasteiger charge is 2.28. The normalized spacial score (nSPS) is 15.5. The molecule has 4 rings (SSSR count). The smallest absolute Gasteiger partial charge is 0.258 e. The second-order valence-corrected chi connectivity index (χ2v) is 7.18. The molecular weight excluding hydrogens is 366 g/mol. The van der Waals surface area contributed by atoms with E-state index in [1.165, 1.54) is 11.8 Å². The number of hydrogen-bond acceptors (Lipinski definition) is 5. The van der Waals surface area contributed by atoms with Crippen LogP contribution in [0.1, 0.15) is 49.9 Å². The van der Waals surface area contributed by atoms with Gasteiger partial charge in [-0.15, -0.1) is 0 Å². The fraction of sp³-hybridized carbons (Fsp3) is 0.217. The van der Waals surface area contributed by atoms with Crippen LogP contribution in [-0.4, -0.2) is 28.8 Å². The second kappa shape index (κ2) is 7.83. The number of anilines is 1. The number of amides is 1. The number of methoxy groups -OCH3 is 1. The van der Waals surface area contributed by atoms with Crippen LogP contribution in [0.3, 0.4) is 0 Å².